The van der Waals surface area contributed by atoms with Crippen LogP contribution < -0.4 is 10.0 Å². The fraction of sp³-hybridized carbons (Fsp3) is 0.435. The fourth-order valence-corrected chi connectivity index (χ4v) is 5.22. The van der Waals surface area contributed by atoms with Crippen LogP contribution >= 0.6 is 0 Å². The van der Waals surface area contributed by atoms with E-state index in [0.29, 0.717) is 18.0 Å². The highest BCUT2D eigenvalue weighted by molar-refractivity contribution is 7.89. The topological polar surface area (TPSA) is 78.5 Å². The van der Waals surface area contributed by atoms with Crippen LogP contribution in [0.25, 0.3) is 0 Å². The average Bonchev–Trinajstić information content (AvgIpc) is 3.56. The summed E-state index contributed by atoms with van der Waals surface area (Å²) in [6, 6.07) is 16.7. The van der Waals surface area contributed by atoms with Gasteiger partial charge in [-0.05, 0) is 68.0 Å². The zero-order chi connectivity index (χ0) is 21.0. The predicted molar refractivity (Wildman–Crippen MR) is 117 cm³/mol. The van der Waals surface area contributed by atoms with Gasteiger partial charge in [0.25, 0.3) is 5.91 Å². The van der Waals surface area contributed by atoms with Crippen LogP contribution in [-0.4, -0.2) is 44.9 Å². The second kappa shape index (κ2) is 9.29. The van der Waals surface area contributed by atoms with Crippen molar-refractivity contribution in [3.05, 3.63) is 65.7 Å². The van der Waals surface area contributed by atoms with Crippen molar-refractivity contribution in [1.82, 2.24) is 14.9 Å². The van der Waals surface area contributed by atoms with E-state index in [9.17, 15) is 13.2 Å². The fourth-order valence-electron chi connectivity index (χ4n) is 3.92. The summed E-state index contributed by atoms with van der Waals surface area (Å²) in [5, 5.41) is 3.02. The van der Waals surface area contributed by atoms with Gasteiger partial charge in [-0.3, -0.25) is 9.69 Å². The molecule has 1 aliphatic carbocycles. The molecular formula is C23H29N3O3S. The summed E-state index contributed by atoms with van der Waals surface area (Å²) < 4.78 is 27.1. The van der Waals surface area contributed by atoms with Crippen molar-refractivity contribution < 1.29 is 13.2 Å². The lowest BCUT2D eigenvalue weighted by Crippen LogP contribution is -2.40. The highest BCUT2D eigenvalue weighted by atomic mass is 32.2. The summed E-state index contributed by atoms with van der Waals surface area (Å²) in [5.41, 5.74) is 1.80. The molecule has 2 fully saturated rings. The van der Waals surface area contributed by atoms with Gasteiger partial charge in [0, 0.05) is 31.2 Å². The minimum Gasteiger partial charge on any atom is -0.352 e. The summed E-state index contributed by atoms with van der Waals surface area (Å²) in [7, 11) is -3.49. The summed E-state index contributed by atoms with van der Waals surface area (Å²) in [6.07, 6.45) is 4.02. The number of hydrogen-bond acceptors (Lipinski definition) is 4. The lowest BCUT2D eigenvalue weighted by Gasteiger charge is -2.32. The largest absolute Gasteiger partial charge is 0.352 e. The van der Waals surface area contributed by atoms with Gasteiger partial charge in [-0.25, -0.2) is 13.1 Å². The van der Waals surface area contributed by atoms with E-state index in [-0.39, 0.29) is 16.8 Å². The lowest BCUT2D eigenvalue weighted by molar-refractivity contribution is 0.0930. The average molecular weight is 428 g/mol. The predicted octanol–water partition coefficient (Wildman–Crippen LogP) is 2.77. The molecule has 7 heteroatoms. The molecule has 1 heterocycles. The number of sulfonamides is 1. The molecule has 2 N–H and O–H groups in total. The smallest absolute Gasteiger partial charge is 0.251 e. The normalized spacial score (nSPS) is 20.1. The number of benzene rings is 2. The summed E-state index contributed by atoms with van der Waals surface area (Å²) >= 11 is 0. The van der Waals surface area contributed by atoms with E-state index in [4.69, 9.17) is 0 Å². The molecule has 0 aromatic heterocycles. The second-order valence-corrected chi connectivity index (χ2v) is 10.1. The van der Waals surface area contributed by atoms with E-state index < -0.39 is 10.0 Å². The standard InChI is InChI=1S/C23H29N3O3S/c27-23(20-8-12-22(13-9-20)30(28,29)25-21-10-11-21)24-15-19-7-4-14-26(17-19)16-18-5-2-1-3-6-18/h1-3,5-6,8-9,12-13,19,21,25H,4,7,10-11,14-17H2,(H,24,27). The summed E-state index contributed by atoms with van der Waals surface area (Å²) in [6.45, 7) is 3.63. The molecule has 1 atom stereocenters. The Bertz CT molecular complexity index is 957. The Hall–Kier alpha value is -2.22. The number of nitrogens with one attached hydrogen (secondary N) is 2. The summed E-state index contributed by atoms with van der Waals surface area (Å²) in [5.74, 6) is 0.267. The molecule has 4 rings (SSSR count). The van der Waals surface area contributed by atoms with Crippen LogP contribution in [0.4, 0.5) is 0 Å². The maximum Gasteiger partial charge on any atom is 0.251 e. The molecule has 0 spiro atoms. The van der Waals surface area contributed by atoms with Crippen molar-refractivity contribution in [2.24, 2.45) is 5.92 Å². The minimum absolute atomic E-state index is 0.0647. The number of carbonyl (C=O) groups is 1. The number of nitrogens with zero attached hydrogens (tertiary/aromatic N) is 1. The molecule has 0 radical (unpaired) electrons. The first-order chi connectivity index (χ1) is 14.5. The number of hydrogen-bond donors (Lipinski definition) is 2. The molecule has 1 aliphatic heterocycles. The van der Waals surface area contributed by atoms with E-state index in [2.05, 4.69) is 39.2 Å². The van der Waals surface area contributed by atoms with Gasteiger partial charge in [0.2, 0.25) is 10.0 Å². The SMILES string of the molecule is O=C(NCC1CCCN(Cc2ccccc2)C1)c1ccc(S(=O)(=O)NC2CC2)cc1. The van der Waals surface area contributed by atoms with Gasteiger partial charge in [0.05, 0.1) is 4.90 Å². The number of rotatable bonds is 8. The van der Waals surface area contributed by atoms with E-state index in [1.165, 1.54) is 17.7 Å². The maximum absolute atomic E-state index is 12.5. The van der Waals surface area contributed by atoms with Crippen LogP contribution in [0, 0.1) is 5.92 Å². The highest BCUT2D eigenvalue weighted by Gasteiger charge is 2.28. The molecule has 0 bridgehead atoms. The van der Waals surface area contributed by atoms with Crippen LogP contribution in [-0.2, 0) is 16.6 Å². The van der Waals surface area contributed by atoms with E-state index in [0.717, 1.165) is 45.3 Å². The molecule has 160 valence electrons. The van der Waals surface area contributed by atoms with Crippen LogP contribution in [0.5, 0.6) is 0 Å². The Morgan fingerprint density at radius 3 is 2.43 bits per heavy atom. The Kier molecular flexibility index (Phi) is 6.51. The van der Waals surface area contributed by atoms with Crippen molar-refractivity contribution >= 4 is 15.9 Å². The van der Waals surface area contributed by atoms with Crippen LogP contribution in [0.15, 0.2) is 59.5 Å². The van der Waals surface area contributed by atoms with Crippen molar-refractivity contribution in [2.45, 2.75) is 43.2 Å². The van der Waals surface area contributed by atoms with Gasteiger partial charge < -0.3 is 5.32 Å². The number of piperidine rings is 1. The first-order valence-electron chi connectivity index (χ1n) is 10.7. The third kappa shape index (κ3) is 5.68. The molecule has 30 heavy (non-hydrogen) atoms. The highest BCUT2D eigenvalue weighted by Crippen LogP contribution is 2.22. The number of likely N-dealkylation sites (tertiary alicyclic amines) is 1. The molecule has 2 aromatic carbocycles. The van der Waals surface area contributed by atoms with Crippen molar-refractivity contribution in [3.8, 4) is 0 Å². The monoisotopic (exact) mass is 427 g/mol. The van der Waals surface area contributed by atoms with E-state index >= 15 is 0 Å². The minimum atomic E-state index is -3.49. The van der Waals surface area contributed by atoms with Gasteiger partial charge >= 0.3 is 0 Å². The van der Waals surface area contributed by atoms with Crippen molar-refractivity contribution in [3.63, 3.8) is 0 Å². The molecular weight excluding hydrogens is 398 g/mol. The Morgan fingerprint density at radius 1 is 1.00 bits per heavy atom. The van der Waals surface area contributed by atoms with Gasteiger partial charge in [-0.2, -0.15) is 0 Å². The molecule has 2 aromatic rings. The molecule has 1 saturated heterocycles. The molecule has 1 amide bonds. The first-order valence-corrected chi connectivity index (χ1v) is 12.1. The first kappa shape index (κ1) is 21.0. The Morgan fingerprint density at radius 2 is 1.73 bits per heavy atom. The Balaban J connectivity index is 1.27. The maximum atomic E-state index is 12.5. The van der Waals surface area contributed by atoms with Gasteiger partial charge in [0.15, 0.2) is 0 Å². The zero-order valence-electron chi connectivity index (χ0n) is 17.1. The third-order valence-electron chi connectivity index (χ3n) is 5.73. The lowest BCUT2D eigenvalue weighted by atomic mass is 9.97. The van der Waals surface area contributed by atoms with Crippen LogP contribution in [0.3, 0.4) is 0 Å². The zero-order valence-corrected chi connectivity index (χ0v) is 17.9. The molecule has 6 nitrogen and oxygen atoms in total. The number of carbonyl (C=O) groups excluding carboxylic acids is 1. The third-order valence-corrected chi connectivity index (χ3v) is 7.27. The van der Waals surface area contributed by atoms with Gasteiger partial charge in [-0.15, -0.1) is 0 Å². The van der Waals surface area contributed by atoms with E-state index in [1.807, 2.05) is 6.07 Å². The van der Waals surface area contributed by atoms with Crippen molar-refractivity contribution in [1.29, 1.82) is 0 Å². The quantitative estimate of drug-likeness (QED) is 0.679. The summed E-state index contributed by atoms with van der Waals surface area (Å²) in [4.78, 5) is 15.2. The van der Waals surface area contributed by atoms with E-state index in [1.54, 1.807) is 12.1 Å². The second-order valence-electron chi connectivity index (χ2n) is 8.36. The van der Waals surface area contributed by atoms with Gasteiger partial charge in [0.1, 0.15) is 0 Å². The number of amides is 1. The van der Waals surface area contributed by atoms with Crippen molar-refractivity contribution in [2.75, 3.05) is 19.6 Å². The molecule has 1 saturated carbocycles. The van der Waals surface area contributed by atoms with Crippen LogP contribution in [0.2, 0.25) is 0 Å². The van der Waals surface area contributed by atoms with Gasteiger partial charge in [-0.1, -0.05) is 30.3 Å². The molecule has 1 unspecified atom stereocenters. The Labute approximate surface area is 178 Å². The van der Waals surface area contributed by atoms with Crippen LogP contribution in [0.1, 0.15) is 41.6 Å². The molecule has 2 aliphatic rings.